The smallest absolute Gasteiger partial charge is 0.172 e. The predicted octanol–water partition coefficient (Wildman–Crippen LogP) is 2.64. The minimum absolute atomic E-state index is 0.116. The first-order valence-electron chi connectivity index (χ1n) is 7.05. The fraction of sp³-hybridized carbons (Fsp3) is 0.867. The zero-order valence-electron chi connectivity index (χ0n) is 11.7. The van der Waals surface area contributed by atoms with Crippen LogP contribution in [0, 0.1) is 10.8 Å². The van der Waals surface area contributed by atoms with Gasteiger partial charge in [-0.05, 0) is 18.3 Å². The van der Waals surface area contributed by atoms with Crippen molar-refractivity contribution in [3.8, 4) is 0 Å². The fourth-order valence-electron chi connectivity index (χ4n) is 4.24. The van der Waals surface area contributed by atoms with E-state index in [4.69, 9.17) is 9.47 Å². The summed E-state index contributed by atoms with van der Waals surface area (Å²) in [6.07, 6.45) is 5.71. The molecule has 0 radical (unpaired) electrons. The van der Waals surface area contributed by atoms with E-state index in [-0.39, 0.29) is 22.7 Å². The van der Waals surface area contributed by atoms with Crippen LogP contribution >= 0.6 is 0 Å². The van der Waals surface area contributed by atoms with Crippen molar-refractivity contribution in [3.63, 3.8) is 0 Å². The molecule has 0 bridgehead atoms. The molecular formula is C15H24O3. The van der Waals surface area contributed by atoms with E-state index in [1.165, 1.54) is 5.57 Å². The van der Waals surface area contributed by atoms with Gasteiger partial charge >= 0.3 is 0 Å². The van der Waals surface area contributed by atoms with E-state index in [1.807, 2.05) is 0 Å². The van der Waals surface area contributed by atoms with Crippen LogP contribution in [0.3, 0.4) is 0 Å². The highest BCUT2D eigenvalue weighted by atomic mass is 16.7. The maximum absolute atomic E-state index is 10.2. The van der Waals surface area contributed by atoms with Crippen molar-refractivity contribution < 1.29 is 14.6 Å². The van der Waals surface area contributed by atoms with E-state index in [2.05, 4.69) is 26.8 Å². The van der Waals surface area contributed by atoms with E-state index in [0.717, 1.165) is 25.7 Å². The lowest BCUT2D eigenvalue weighted by atomic mass is 9.55. The summed E-state index contributed by atoms with van der Waals surface area (Å²) in [4.78, 5) is 0. The Morgan fingerprint density at radius 2 is 1.89 bits per heavy atom. The maximum Gasteiger partial charge on any atom is 0.172 e. The number of hydrogen-bond acceptors (Lipinski definition) is 3. The minimum atomic E-state index is -0.378. The molecule has 1 saturated carbocycles. The second-order valence-corrected chi connectivity index (χ2v) is 6.94. The zero-order chi connectivity index (χ0) is 13.0. The van der Waals surface area contributed by atoms with Crippen molar-refractivity contribution in [2.24, 2.45) is 10.8 Å². The van der Waals surface area contributed by atoms with E-state index >= 15 is 0 Å². The number of ether oxygens (including phenoxy) is 2. The van der Waals surface area contributed by atoms with Crippen LogP contribution in [0.25, 0.3) is 0 Å². The SMILES string of the molecule is CC1(C)C2=CCC3(C[C@@]2(C)CC[C@@H]1O)OCCO3. The van der Waals surface area contributed by atoms with Gasteiger partial charge in [0.25, 0.3) is 0 Å². The first kappa shape index (κ1) is 12.6. The van der Waals surface area contributed by atoms with Crippen molar-refractivity contribution in [1.29, 1.82) is 0 Å². The van der Waals surface area contributed by atoms with Gasteiger partial charge in [0.15, 0.2) is 5.79 Å². The maximum atomic E-state index is 10.2. The Morgan fingerprint density at radius 1 is 1.22 bits per heavy atom. The summed E-state index contributed by atoms with van der Waals surface area (Å²) in [5, 5.41) is 10.2. The van der Waals surface area contributed by atoms with Crippen LogP contribution < -0.4 is 0 Å². The normalized spacial score (nSPS) is 41.6. The lowest BCUT2D eigenvalue weighted by Gasteiger charge is -2.53. The van der Waals surface area contributed by atoms with Gasteiger partial charge in [-0.15, -0.1) is 0 Å². The first-order valence-corrected chi connectivity index (χ1v) is 7.05. The van der Waals surface area contributed by atoms with Crippen molar-refractivity contribution in [1.82, 2.24) is 0 Å². The van der Waals surface area contributed by atoms with Crippen LogP contribution in [0.15, 0.2) is 11.6 Å². The average molecular weight is 252 g/mol. The topological polar surface area (TPSA) is 38.7 Å². The molecule has 102 valence electrons. The summed E-state index contributed by atoms with van der Waals surface area (Å²) >= 11 is 0. The summed E-state index contributed by atoms with van der Waals surface area (Å²) in [7, 11) is 0. The molecule has 1 saturated heterocycles. The second-order valence-electron chi connectivity index (χ2n) is 6.94. The molecule has 1 spiro atoms. The van der Waals surface area contributed by atoms with Gasteiger partial charge < -0.3 is 14.6 Å². The lowest BCUT2D eigenvalue weighted by Crippen LogP contribution is -2.50. The Bertz CT molecular complexity index is 379. The summed E-state index contributed by atoms with van der Waals surface area (Å²) in [6.45, 7) is 8.06. The van der Waals surface area contributed by atoms with Crippen molar-refractivity contribution in [3.05, 3.63) is 11.6 Å². The molecule has 0 aromatic heterocycles. The number of aliphatic hydroxyl groups excluding tert-OH is 1. The van der Waals surface area contributed by atoms with Gasteiger partial charge in [0, 0.05) is 18.3 Å². The van der Waals surface area contributed by atoms with Crippen molar-refractivity contribution >= 4 is 0 Å². The molecule has 3 heteroatoms. The second kappa shape index (κ2) is 3.81. The molecule has 3 rings (SSSR count). The van der Waals surface area contributed by atoms with Gasteiger partial charge in [-0.25, -0.2) is 0 Å². The molecule has 1 heterocycles. The highest BCUT2D eigenvalue weighted by molar-refractivity contribution is 5.29. The first-order chi connectivity index (χ1) is 8.38. The van der Waals surface area contributed by atoms with Crippen LogP contribution in [0.4, 0.5) is 0 Å². The Kier molecular flexibility index (Phi) is 2.68. The van der Waals surface area contributed by atoms with Crippen LogP contribution in [0.1, 0.15) is 46.5 Å². The molecule has 0 unspecified atom stereocenters. The van der Waals surface area contributed by atoms with E-state index < -0.39 is 0 Å². The Labute approximate surface area is 109 Å². The van der Waals surface area contributed by atoms with Gasteiger partial charge in [-0.2, -0.15) is 0 Å². The molecule has 1 aliphatic heterocycles. The largest absolute Gasteiger partial charge is 0.392 e. The summed E-state index contributed by atoms with van der Waals surface area (Å²) in [5.74, 6) is -0.378. The third-order valence-corrected chi connectivity index (χ3v) is 5.24. The molecule has 0 aromatic carbocycles. The molecule has 2 fully saturated rings. The van der Waals surface area contributed by atoms with Gasteiger partial charge in [-0.3, -0.25) is 0 Å². The van der Waals surface area contributed by atoms with E-state index in [1.54, 1.807) is 0 Å². The zero-order valence-corrected chi connectivity index (χ0v) is 11.7. The van der Waals surface area contributed by atoms with Crippen LogP contribution in [0.2, 0.25) is 0 Å². The Morgan fingerprint density at radius 3 is 2.56 bits per heavy atom. The molecule has 0 aromatic rings. The fourth-order valence-corrected chi connectivity index (χ4v) is 4.24. The van der Waals surface area contributed by atoms with Crippen LogP contribution in [0.5, 0.6) is 0 Å². The lowest BCUT2D eigenvalue weighted by molar-refractivity contribution is -0.185. The molecule has 2 atom stereocenters. The van der Waals surface area contributed by atoms with E-state index in [9.17, 15) is 5.11 Å². The van der Waals surface area contributed by atoms with E-state index in [0.29, 0.717) is 13.2 Å². The molecule has 0 amide bonds. The molecule has 1 N–H and O–H groups in total. The van der Waals surface area contributed by atoms with Gasteiger partial charge in [0.2, 0.25) is 0 Å². The molecular weight excluding hydrogens is 228 g/mol. The number of fused-ring (bicyclic) bond motifs is 1. The highest BCUT2D eigenvalue weighted by Gasteiger charge is 2.54. The predicted molar refractivity (Wildman–Crippen MR) is 69.1 cm³/mol. The van der Waals surface area contributed by atoms with Crippen molar-refractivity contribution in [2.75, 3.05) is 13.2 Å². The van der Waals surface area contributed by atoms with Gasteiger partial charge in [-0.1, -0.05) is 32.4 Å². The number of rotatable bonds is 0. The average Bonchev–Trinajstić information content (AvgIpc) is 2.72. The summed E-state index contributed by atoms with van der Waals surface area (Å²) in [6, 6.07) is 0. The molecule has 2 aliphatic carbocycles. The molecule has 18 heavy (non-hydrogen) atoms. The molecule has 3 nitrogen and oxygen atoms in total. The van der Waals surface area contributed by atoms with Crippen LogP contribution in [-0.2, 0) is 9.47 Å². The molecule has 3 aliphatic rings. The number of hydrogen-bond donors (Lipinski definition) is 1. The van der Waals surface area contributed by atoms with Crippen molar-refractivity contribution in [2.45, 2.75) is 58.3 Å². The Balaban J connectivity index is 1.96. The quantitative estimate of drug-likeness (QED) is 0.674. The summed E-state index contributed by atoms with van der Waals surface area (Å²) in [5.41, 5.74) is 1.40. The third-order valence-electron chi connectivity index (χ3n) is 5.24. The van der Waals surface area contributed by atoms with Crippen LogP contribution in [-0.4, -0.2) is 30.2 Å². The van der Waals surface area contributed by atoms with Gasteiger partial charge in [0.1, 0.15) is 0 Å². The highest BCUT2D eigenvalue weighted by Crippen LogP contribution is 2.58. The third kappa shape index (κ3) is 1.68. The summed E-state index contributed by atoms with van der Waals surface area (Å²) < 4.78 is 11.7. The Hall–Kier alpha value is -0.380. The number of aliphatic hydroxyl groups is 1. The monoisotopic (exact) mass is 252 g/mol. The van der Waals surface area contributed by atoms with Gasteiger partial charge in [0.05, 0.1) is 19.3 Å². The standard InChI is InChI=1S/C15H24O3/c1-13(2)11-4-7-15(17-8-9-18-15)10-14(11,3)6-5-12(13)16/h4,12,16H,5-10H2,1-3H3/t12-,14+/m0/s1. The minimum Gasteiger partial charge on any atom is -0.392 e.